The molecule has 0 unspecified atom stereocenters. The third-order valence-corrected chi connectivity index (χ3v) is 4.50. The van der Waals surface area contributed by atoms with E-state index in [9.17, 15) is 0 Å². The molecule has 0 radical (unpaired) electrons. The van der Waals surface area contributed by atoms with Gasteiger partial charge in [0.05, 0.1) is 12.3 Å². The number of anilines is 1. The molecule has 1 N–H and O–H groups in total. The summed E-state index contributed by atoms with van der Waals surface area (Å²) >= 11 is 1.74. The molecule has 114 valence electrons. The van der Waals surface area contributed by atoms with Crippen molar-refractivity contribution in [2.24, 2.45) is 0 Å². The Hall–Kier alpha value is -1.43. The lowest BCUT2D eigenvalue weighted by Gasteiger charge is -2.15. The van der Waals surface area contributed by atoms with Crippen molar-refractivity contribution in [2.75, 3.05) is 32.6 Å². The zero-order chi connectivity index (χ0) is 15.1. The normalized spacial score (nSPS) is 10.8. The summed E-state index contributed by atoms with van der Waals surface area (Å²) in [6, 6.07) is 10.5. The van der Waals surface area contributed by atoms with Gasteiger partial charge in [-0.25, -0.2) is 4.98 Å². The summed E-state index contributed by atoms with van der Waals surface area (Å²) in [7, 11) is 5.76. The van der Waals surface area contributed by atoms with Gasteiger partial charge in [0, 0.05) is 32.1 Å². The van der Waals surface area contributed by atoms with Gasteiger partial charge in [0.1, 0.15) is 0 Å². The molecule has 0 aliphatic rings. The Morgan fingerprint density at radius 1 is 1.29 bits per heavy atom. The van der Waals surface area contributed by atoms with Crippen molar-refractivity contribution < 1.29 is 4.74 Å². The second kappa shape index (κ2) is 8.12. The summed E-state index contributed by atoms with van der Waals surface area (Å²) in [6.45, 7) is 2.37. The number of nitrogens with one attached hydrogen (secondary N) is 1. The van der Waals surface area contributed by atoms with Crippen LogP contribution in [0, 0.1) is 0 Å². The highest BCUT2D eigenvalue weighted by Gasteiger charge is 2.13. The molecule has 0 saturated heterocycles. The highest BCUT2D eigenvalue weighted by atomic mass is 32.1. The fraction of sp³-hybridized carbons (Fsp3) is 0.438. The van der Waals surface area contributed by atoms with Gasteiger partial charge in [-0.2, -0.15) is 0 Å². The Kier molecular flexibility index (Phi) is 6.17. The van der Waals surface area contributed by atoms with Gasteiger partial charge in [-0.05, 0) is 19.0 Å². The van der Waals surface area contributed by atoms with Crippen LogP contribution in [-0.4, -0.2) is 32.7 Å². The minimum atomic E-state index is 0.569. The van der Waals surface area contributed by atoms with Crippen LogP contribution in [0.15, 0.2) is 30.3 Å². The summed E-state index contributed by atoms with van der Waals surface area (Å²) < 4.78 is 5.24. The predicted octanol–water partition coefficient (Wildman–Crippen LogP) is 2.69. The van der Waals surface area contributed by atoms with E-state index in [1.54, 1.807) is 18.4 Å². The first-order valence-electron chi connectivity index (χ1n) is 7.11. The van der Waals surface area contributed by atoms with E-state index in [1.165, 1.54) is 10.4 Å². The van der Waals surface area contributed by atoms with E-state index < -0.39 is 0 Å². The van der Waals surface area contributed by atoms with Crippen LogP contribution < -0.4 is 10.2 Å². The number of likely N-dealkylation sites (N-methyl/N-ethyl adjacent to an activating group) is 1. The fourth-order valence-corrected chi connectivity index (χ4v) is 3.18. The Labute approximate surface area is 130 Å². The van der Waals surface area contributed by atoms with Gasteiger partial charge in [-0.3, -0.25) is 0 Å². The maximum absolute atomic E-state index is 5.24. The fourth-order valence-electron chi connectivity index (χ4n) is 2.12. The van der Waals surface area contributed by atoms with Crippen LogP contribution in [0.2, 0.25) is 0 Å². The predicted molar refractivity (Wildman–Crippen MR) is 89.0 cm³/mol. The molecule has 0 aliphatic carbocycles. The molecule has 0 atom stereocenters. The summed E-state index contributed by atoms with van der Waals surface area (Å²) in [6.07, 6.45) is 1.03. The van der Waals surface area contributed by atoms with Gasteiger partial charge in [0.2, 0.25) is 0 Å². The summed E-state index contributed by atoms with van der Waals surface area (Å²) in [5.74, 6) is 0. The highest BCUT2D eigenvalue weighted by Crippen LogP contribution is 2.26. The lowest BCUT2D eigenvalue weighted by atomic mass is 10.1. The molecule has 21 heavy (non-hydrogen) atoms. The topological polar surface area (TPSA) is 37.4 Å². The van der Waals surface area contributed by atoms with Crippen molar-refractivity contribution in [3.05, 3.63) is 46.5 Å². The number of rotatable bonds is 8. The number of hydrogen-bond acceptors (Lipinski definition) is 5. The second-order valence-electron chi connectivity index (χ2n) is 4.99. The average molecular weight is 305 g/mol. The first-order chi connectivity index (χ1) is 10.2. The molecule has 4 nitrogen and oxygen atoms in total. The molecule has 0 fully saturated rings. The smallest absolute Gasteiger partial charge is 0.185 e. The van der Waals surface area contributed by atoms with Crippen molar-refractivity contribution in [1.29, 1.82) is 0 Å². The average Bonchev–Trinajstić information content (AvgIpc) is 2.90. The molecule has 0 spiro atoms. The maximum Gasteiger partial charge on any atom is 0.185 e. The Balaban J connectivity index is 2.01. The van der Waals surface area contributed by atoms with Crippen molar-refractivity contribution in [2.45, 2.75) is 19.6 Å². The molecule has 2 rings (SSSR count). The van der Waals surface area contributed by atoms with E-state index in [2.05, 4.69) is 47.6 Å². The summed E-state index contributed by atoms with van der Waals surface area (Å²) in [5, 5.41) is 4.25. The Bertz CT molecular complexity index is 518. The van der Waals surface area contributed by atoms with Crippen molar-refractivity contribution in [3.63, 3.8) is 0 Å². The van der Waals surface area contributed by atoms with E-state index in [-0.39, 0.29) is 0 Å². The summed E-state index contributed by atoms with van der Waals surface area (Å²) in [5.41, 5.74) is 2.40. The monoisotopic (exact) mass is 305 g/mol. The number of ether oxygens (including phenoxy) is 1. The molecule has 5 heteroatoms. The van der Waals surface area contributed by atoms with E-state index in [1.807, 2.05) is 7.05 Å². The second-order valence-corrected chi connectivity index (χ2v) is 6.05. The van der Waals surface area contributed by atoms with Crippen LogP contribution in [0.1, 0.15) is 16.1 Å². The lowest BCUT2D eigenvalue weighted by molar-refractivity contribution is 0.181. The number of benzene rings is 1. The number of thiazole rings is 1. The van der Waals surface area contributed by atoms with Crippen LogP contribution in [0.5, 0.6) is 0 Å². The largest absolute Gasteiger partial charge is 0.378 e. The molecule has 1 aromatic heterocycles. The molecule has 0 saturated carbocycles. The number of hydrogen-bond donors (Lipinski definition) is 1. The standard InChI is InChI=1S/C16H23N3OS/c1-17-11-15-14(12-20-3)18-16(21-15)19(2)10-9-13-7-5-4-6-8-13/h4-8,17H,9-12H2,1-3H3. The number of nitrogens with zero attached hydrogens (tertiary/aromatic N) is 2. The van der Waals surface area contributed by atoms with E-state index in [0.717, 1.165) is 30.3 Å². The Morgan fingerprint density at radius 2 is 2.05 bits per heavy atom. The number of aromatic nitrogens is 1. The molecular formula is C16H23N3OS. The molecule has 1 aromatic carbocycles. The van der Waals surface area contributed by atoms with E-state index in [4.69, 9.17) is 9.72 Å². The highest BCUT2D eigenvalue weighted by molar-refractivity contribution is 7.15. The lowest BCUT2D eigenvalue weighted by Crippen LogP contribution is -2.20. The van der Waals surface area contributed by atoms with Gasteiger partial charge in [0.25, 0.3) is 0 Å². The van der Waals surface area contributed by atoms with Crippen LogP contribution in [-0.2, 0) is 24.3 Å². The van der Waals surface area contributed by atoms with Gasteiger partial charge < -0.3 is 15.0 Å². The van der Waals surface area contributed by atoms with Gasteiger partial charge in [-0.1, -0.05) is 30.3 Å². The first kappa shape index (κ1) is 15.9. The summed E-state index contributed by atoms with van der Waals surface area (Å²) in [4.78, 5) is 8.18. The van der Waals surface area contributed by atoms with Gasteiger partial charge in [0.15, 0.2) is 5.13 Å². The first-order valence-corrected chi connectivity index (χ1v) is 7.93. The van der Waals surface area contributed by atoms with Crippen molar-refractivity contribution >= 4 is 16.5 Å². The van der Waals surface area contributed by atoms with Crippen molar-refractivity contribution in [1.82, 2.24) is 10.3 Å². The molecular weight excluding hydrogens is 282 g/mol. The van der Waals surface area contributed by atoms with Gasteiger partial charge in [-0.15, -0.1) is 11.3 Å². The van der Waals surface area contributed by atoms with Crippen LogP contribution in [0.25, 0.3) is 0 Å². The third kappa shape index (κ3) is 4.52. The van der Waals surface area contributed by atoms with Crippen molar-refractivity contribution in [3.8, 4) is 0 Å². The molecule has 0 bridgehead atoms. The zero-order valence-electron chi connectivity index (χ0n) is 12.9. The van der Waals surface area contributed by atoms with E-state index in [0.29, 0.717) is 6.61 Å². The third-order valence-electron chi connectivity index (χ3n) is 3.29. The molecule has 1 heterocycles. The Morgan fingerprint density at radius 3 is 2.71 bits per heavy atom. The van der Waals surface area contributed by atoms with Crippen LogP contribution in [0.3, 0.4) is 0 Å². The van der Waals surface area contributed by atoms with E-state index >= 15 is 0 Å². The quantitative estimate of drug-likeness (QED) is 0.813. The minimum absolute atomic E-state index is 0.569. The maximum atomic E-state index is 5.24. The number of methoxy groups -OCH3 is 1. The van der Waals surface area contributed by atoms with Gasteiger partial charge >= 0.3 is 0 Å². The molecule has 0 amide bonds. The SMILES string of the molecule is CNCc1sc(N(C)CCc2ccccc2)nc1COC. The molecule has 0 aliphatic heterocycles. The molecule has 2 aromatic rings. The zero-order valence-corrected chi connectivity index (χ0v) is 13.7. The minimum Gasteiger partial charge on any atom is -0.378 e. The van der Waals surface area contributed by atoms with Crippen LogP contribution >= 0.6 is 11.3 Å². The van der Waals surface area contributed by atoms with Crippen LogP contribution in [0.4, 0.5) is 5.13 Å².